The van der Waals surface area contributed by atoms with Crippen molar-refractivity contribution in [3.63, 3.8) is 0 Å². The summed E-state index contributed by atoms with van der Waals surface area (Å²) in [6, 6.07) is 15.9. The number of aromatic carboxylic acids is 2. The maximum Gasteiger partial charge on any atom is 1.00 e. The number of hydrogen-bond donors (Lipinski definition) is 0. The van der Waals surface area contributed by atoms with Gasteiger partial charge in [-0.3, -0.25) is 4.79 Å². The fourth-order valence-electron chi connectivity index (χ4n) is 2.79. The molecular weight excluding hydrogens is 378 g/mol. The second-order valence-corrected chi connectivity index (χ2v) is 5.57. The van der Waals surface area contributed by atoms with Crippen LogP contribution in [0.4, 0.5) is 0 Å². The molecule has 0 bridgehead atoms. The summed E-state index contributed by atoms with van der Waals surface area (Å²) in [4.78, 5) is 35.3. The van der Waals surface area contributed by atoms with Gasteiger partial charge >= 0.3 is 59.1 Å². The Bertz CT molecular complexity index is 1040. The quantitative estimate of drug-likeness (QED) is 0.248. The number of hydrogen-bond acceptors (Lipinski definition) is 5. The van der Waals surface area contributed by atoms with Gasteiger partial charge in [-0.05, 0) is 23.1 Å². The van der Waals surface area contributed by atoms with Crippen molar-refractivity contribution in [3.05, 3.63) is 89.0 Å². The zero-order valence-electron chi connectivity index (χ0n) is 15.5. The van der Waals surface area contributed by atoms with E-state index in [1.807, 2.05) is 30.3 Å². The number of carbonyl (C=O) groups excluding carboxylic acids is 3. The first kappa shape index (κ1) is 24.3. The van der Waals surface area contributed by atoms with Gasteiger partial charge < -0.3 is 19.8 Å². The standard InChI is InChI=1S/C21H14O5.2Na/c22-18(12-9-13-5-2-1-3-6-13)14-10-11-17(21(25)26)19-15(14)7-4-8-16(19)20(23)24;;/h1-12H,(H,23,24)(H,25,26);;/q;2*+1/p-2/b12-9+;;. The van der Waals surface area contributed by atoms with Crippen molar-refractivity contribution in [1.29, 1.82) is 0 Å². The van der Waals surface area contributed by atoms with E-state index in [9.17, 15) is 24.6 Å². The van der Waals surface area contributed by atoms with E-state index in [-0.39, 0.29) is 92.4 Å². The molecule has 0 fully saturated rings. The fraction of sp³-hybridized carbons (Fsp3) is 0. The summed E-state index contributed by atoms with van der Waals surface area (Å²) in [6.07, 6.45) is 2.98. The number of rotatable bonds is 5. The Balaban J connectivity index is 0.00000196. The molecule has 128 valence electrons. The van der Waals surface area contributed by atoms with Gasteiger partial charge in [-0.1, -0.05) is 60.7 Å². The number of carboxylic acid groups (broad SMARTS) is 2. The summed E-state index contributed by atoms with van der Waals surface area (Å²) in [5, 5.41) is 22.9. The van der Waals surface area contributed by atoms with E-state index in [1.54, 1.807) is 6.08 Å². The average Bonchev–Trinajstić information content (AvgIpc) is 2.65. The normalized spacial score (nSPS) is 10.1. The number of allylic oxidation sites excluding steroid dienone is 1. The molecule has 0 atom stereocenters. The summed E-state index contributed by atoms with van der Waals surface area (Å²) in [7, 11) is 0. The average molecular weight is 390 g/mol. The minimum Gasteiger partial charge on any atom is -0.545 e. The van der Waals surface area contributed by atoms with Crippen molar-refractivity contribution in [3.8, 4) is 0 Å². The van der Waals surface area contributed by atoms with Gasteiger partial charge in [0.1, 0.15) is 0 Å². The van der Waals surface area contributed by atoms with E-state index in [0.717, 1.165) is 5.56 Å². The van der Waals surface area contributed by atoms with Crippen LogP contribution < -0.4 is 69.3 Å². The van der Waals surface area contributed by atoms with Crippen molar-refractivity contribution >= 4 is 34.6 Å². The first-order valence-corrected chi connectivity index (χ1v) is 7.75. The fourth-order valence-corrected chi connectivity index (χ4v) is 2.79. The Morgan fingerprint density at radius 3 is 1.86 bits per heavy atom. The summed E-state index contributed by atoms with van der Waals surface area (Å²) in [6.45, 7) is 0. The van der Waals surface area contributed by atoms with Crippen molar-refractivity contribution < 1.29 is 83.7 Å². The van der Waals surface area contributed by atoms with Crippen LogP contribution in [0.2, 0.25) is 0 Å². The molecule has 3 aromatic rings. The molecule has 0 aromatic heterocycles. The molecule has 0 aliphatic carbocycles. The zero-order chi connectivity index (χ0) is 18.7. The van der Waals surface area contributed by atoms with Crippen LogP contribution in [0.25, 0.3) is 16.8 Å². The van der Waals surface area contributed by atoms with E-state index in [1.165, 1.54) is 36.4 Å². The van der Waals surface area contributed by atoms with Crippen LogP contribution in [0.3, 0.4) is 0 Å². The van der Waals surface area contributed by atoms with Crippen LogP contribution in [0.15, 0.2) is 66.7 Å². The van der Waals surface area contributed by atoms with E-state index < -0.39 is 11.9 Å². The zero-order valence-corrected chi connectivity index (χ0v) is 19.5. The molecule has 0 spiro atoms. The molecule has 0 unspecified atom stereocenters. The van der Waals surface area contributed by atoms with Gasteiger partial charge in [0.05, 0.1) is 11.9 Å². The molecule has 0 amide bonds. The molecule has 0 aliphatic heterocycles. The van der Waals surface area contributed by atoms with Crippen molar-refractivity contribution in [2.75, 3.05) is 0 Å². The largest absolute Gasteiger partial charge is 1.00 e. The molecule has 0 saturated heterocycles. The van der Waals surface area contributed by atoms with Crippen molar-refractivity contribution in [2.45, 2.75) is 0 Å². The van der Waals surface area contributed by atoms with Gasteiger partial charge in [0, 0.05) is 22.1 Å². The van der Waals surface area contributed by atoms with Gasteiger partial charge in [0.15, 0.2) is 5.78 Å². The van der Waals surface area contributed by atoms with Crippen LogP contribution in [0, 0.1) is 0 Å². The SMILES string of the molecule is O=C(/C=C/c1ccccc1)c1ccc(C(=O)[O-])c2c(C(=O)[O-])cccc12.[Na+].[Na+]. The predicted octanol–water partition coefficient (Wildman–Crippen LogP) is -4.53. The molecular formula is C21H12Na2O5. The molecule has 28 heavy (non-hydrogen) atoms. The van der Waals surface area contributed by atoms with Crippen LogP contribution in [-0.4, -0.2) is 17.7 Å². The molecule has 0 heterocycles. The van der Waals surface area contributed by atoms with E-state index in [2.05, 4.69) is 0 Å². The van der Waals surface area contributed by atoms with E-state index >= 15 is 0 Å². The topological polar surface area (TPSA) is 97.3 Å². The maximum atomic E-state index is 12.6. The first-order valence-electron chi connectivity index (χ1n) is 7.75. The Labute approximate surface area is 205 Å². The first-order chi connectivity index (χ1) is 12.5. The van der Waals surface area contributed by atoms with Crippen molar-refractivity contribution in [2.24, 2.45) is 0 Å². The van der Waals surface area contributed by atoms with Crippen molar-refractivity contribution in [1.82, 2.24) is 0 Å². The summed E-state index contributed by atoms with van der Waals surface area (Å²) in [5.74, 6) is -3.43. The van der Waals surface area contributed by atoms with Crippen LogP contribution in [0.1, 0.15) is 36.6 Å². The Hall–Kier alpha value is -1.73. The summed E-state index contributed by atoms with van der Waals surface area (Å²) < 4.78 is 0. The number of carboxylic acids is 2. The van der Waals surface area contributed by atoms with E-state index in [4.69, 9.17) is 0 Å². The Morgan fingerprint density at radius 1 is 0.679 bits per heavy atom. The number of carbonyl (C=O) groups is 3. The van der Waals surface area contributed by atoms with Gasteiger partial charge in [-0.15, -0.1) is 0 Å². The molecule has 3 rings (SSSR count). The third-order valence-electron chi connectivity index (χ3n) is 3.97. The van der Waals surface area contributed by atoms with Gasteiger partial charge in [-0.25, -0.2) is 0 Å². The predicted molar refractivity (Wildman–Crippen MR) is 92.4 cm³/mol. The number of ketones is 1. The van der Waals surface area contributed by atoms with Gasteiger partial charge in [-0.2, -0.15) is 0 Å². The molecule has 0 N–H and O–H groups in total. The second kappa shape index (κ2) is 10.7. The van der Waals surface area contributed by atoms with Crippen LogP contribution >= 0.6 is 0 Å². The number of fused-ring (bicyclic) bond motifs is 1. The molecule has 0 radical (unpaired) electrons. The second-order valence-electron chi connectivity index (χ2n) is 5.57. The third kappa shape index (κ3) is 5.20. The summed E-state index contributed by atoms with van der Waals surface area (Å²) >= 11 is 0. The number of benzene rings is 3. The Morgan fingerprint density at radius 2 is 1.25 bits per heavy atom. The third-order valence-corrected chi connectivity index (χ3v) is 3.97. The van der Waals surface area contributed by atoms with Crippen LogP contribution in [-0.2, 0) is 0 Å². The van der Waals surface area contributed by atoms with Crippen LogP contribution in [0.5, 0.6) is 0 Å². The molecule has 0 aliphatic rings. The smallest absolute Gasteiger partial charge is 0.545 e. The monoisotopic (exact) mass is 390 g/mol. The molecule has 5 nitrogen and oxygen atoms in total. The van der Waals surface area contributed by atoms with Gasteiger partial charge in [0.2, 0.25) is 0 Å². The minimum atomic E-state index is -1.53. The van der Waals surface area contributed by atoms with Gasteiger partial charge in [0.25, 0.3) is 0 Å². The Kier molecular flexibility index (Phi) is 9.30. The molecule has 3 aromatic carbocycles. The summed E-state index contributed by atoms with van der Waals surface area (Å²) in [5.41, 5.74) is 0.416. The minimum absolute atomic E-state index is 0. The maximum absolute atomic E-state index is 12.6. The molecule has 0 saturated carbocycles. The van der Waals surface area contributed by atoms with E-state index in [0.29, 0.717) is 0 Å². The molecule has 7 heteroatoms.